The van der Waals surface area contributed by atoms with Crippen molar-refractivity contribution >= 4 is 17.5 Å². The Balaban J connectivity index is 2.72. The van der Waals surface area contributed by atoms with E-state index >= 15 is 0 Å². The van der Waals surface area contributed by atoms with Gasteiger partial charge in [0.15, 0.2) is 0 Å². The maximum absolute atomic E-state index is 12.1. The number of benzene rings is 1. The van der Waals surface area contributed by atoms with E-state index in [4.69, 9.17) is 0 Å². The van der Waals surface area contributed by atoms with Gasteiger partial charge in [-0.15, -0.1) is 0 Å². The highest BCUT2D eigenvalue weighted by atomic mass is 16.2. The molecule has 0 aliphatic rings. The smallest absolute Gasteiger partial charge is 0.249 e. The van der Waals surface area contributed by atoms with E-state index < -0.39 is 5.54 Å². The van der Waals surface area contributed by atoms with Gasteiger partial charge in [-0.2, -0.15) is 0 Å². The molecule has 18 heavy (non-hydrogen) atoms. The Kier molecular flexibility index (Phi) is 4.48. The minimum atomic E-state index is -0.920. The lowest BCUT2D eigenvalue weighted by Gasteiger charge is -2.25. The summed E-state index contributed by atoms with van der Waals surface area (Å²) in [6, 6.07) is 7.54. The average molecular weight is 248 g/mol. The molecule has 0 bridgehead atoms. The van der Waals surface area contributed by atoms with Crippen molar-refractivity contribution in [3.8, 4) is 0 Å². The minimum absolute atomic E-state index is 0.139. The van der Waals surface area contributed by atoms with Crippen LogP contribution >= 0.6 is 0 Å². The largest absolute Gasteiger partial charge is 0.342 e. The van der Waals surface area contributed by atoms with Crippen LogP contribution in [0, 0.1) is 6.92 Å². The third kappa shape index (κ3) is 3.87. The normalized spacial score (nSPS) is 10.9. The van der Waals surface area contributed by atoms with Crippen molar-refractivity contribution in [1.82, 2.24) is 5.32 Å². The Hall–Kier alpha value is -1.84. The first kappa shape index (κ1) is 14.2. The molecule has 0 aliphatic heterocycles. The van der Waals surface area contributed by atoms with Crippen LogP contribution in [0.25, 0.3) is 0 Å². The van der Waals surface area contributed by atoms with Crippen LogP contribution in [0.2, 0.25) is 0 Å². The molecule has 0 saturated heterocycles. The molecule has 4 nitrogen and oxygen atoms in total. The first-order chi connectivity index (χ1) is 8.35. The second-order valence-corrected chi connectivity index (χ2v) is 4.85. The van der Waals surface area contributed by atoms with Crippen molar-refractivity contribution < 1.29 is 9.59 Å². The van der Waals surface area contributed by atoms with Gasteiger partial charge in [-0.25, -0.2) is 0 Å². The number of carbonyl (C=O) groups is 2. The van der Waals surface area contributed by atoms with E-state index in [0.29, 0.717) is 6.42 Å². The fraction of sp³-hybridized carbons (Fsp3) is 0.429. The summed E-state index contributed by atoms with van der Waals surface area (Å²) in [6.07, 6.45) is 0.362. The first-order valence-corrected chi connectivity index (χ1v) is 6.04. The Morgan fingerprint density at radius 2 is 1.94 bits per heavy atom. The molecule has 0 spiro atoms. The molecule has 2 amide bonds. The quantitative estimate of drug-likeness (QED) is 0.858. The summed E-state index contributed by atoms with van der Waals surface area (Å²) in [7, 11) is 0. The Labute approximate surface area is 108 Å². The number of aryl methyl sites for hydroxylation is 1. The van der Waals surface area contributed by atoms with E-state index in [1.54, 1.807) is 20.8 Å². The van der Waals surface area contributed by atoms with Gasteiger partial charge in [0.25, 0.3) is 0 Å². The van der Waals surface area contributed by atoms with Crippen molar-refractivity contribution in [3.05, 3.63) is 29.8 Å². The number of nitrogens with one attached hydrogen (secondary N) is 2. The number of hydrogen-bond acceptors (Lipinski definition) is 2. The van der Waals surface area contributed by atoms with Gasteiger partial charge in [-0.05, 0) is 38.5 Å². The van der Waals surface area contributed by atoms with Crippen LogP contribution in [-0.4, -0.2) is 17.4 Å². The third-order valence-corrected chi connectivity index (χ3v) is 2.62. The van der Waals surface area contributed by atoms with E-state index in [2.05, 4.69) is 10.6 Å². The van der Waals surface area contributed by atoms with Gasteiger partial charge in [-0.3, -0.25) is 9.59 Å². The molecule has 0 heterocycles. The molecule has 0 aromatic heterocycles. The zero-order chi connectivity index (χ0) is 13.8. The number of anilines is 1. The molecule has 0 radical (unpaired) electrons. The average Bonchev–Trinajstić information content (AvgIpc) is 2.28. The number of rotatable bonds is 4. The monoisotopic (exact) mass is 248 g/mol. The Bertz CT molecular complexity index is 453. The molecule has 0 saturated carbocycles. The zero-order valence-corrected chi connectivity index (χ0v) is 11.3. The lowest BCUT2D eigenvalue weighted by molar-refractivity contribution is -0.129. The topological polar surface area (TPSA) is 58.2 Å². The second-order valence-electron chi connectivity index (χ2n) is 4.85. The summed E-state index contributed by atoms with van der Waals surface area (Å²) in [5.41, 5.74) is 0.888. The summed E-state index contributed by atoms with van der Waals surface area (Å²) < 4.78 is 0. The van der Waals surface area contributed by atoms with Crippen LogP contribution in [0.4, 0.5) is 5.69 Å². The summed E-state index contributed by atoms with van der Waals surface area (Å²) >= 11 is 0. The van der Waals surface area contributed by atoms with E-state index in [9.17, 15) is 9.59 Å². The third-order valence-electron chi connectivity index (χ3n) is 2.62. The van der Waals surface area contributed by atoms with Gasteiger partial charge in [0.1, 0.15) is 5.54 Å². The maximum Gasteiger partial charge on any atom is 0.249 e. The molecule has 1 rings (SSSR count). The van der Waals surface area contributed by atoms with Crippen molar-refractivity contribution in [2.24, 2.45) is 0 Å². The number of amides is 2. The van der Waals surface area contributed by atoms with Gasteiger partial charge >= 0.3 is 0 Å². The molecule has 1 aromatic carbocycles. The van der Waals surface area contributed by atoms with Crippen molar-refractivity contribution in [2.45, 2.75) is 39.7 Å². The van der Waals surface area contributed by atoms with Crippen LogP contribution in [0.3, 0.4) is 0 Å². The van der Waals surface area contributed by atoms with E-state index in [1.807, 2.05) is 31.2 Å². The van der Waals surface area contributed by atoms with Gasteiger partial charge in [-0.1, -0.05) is 19.1 Å². The van der Waals surface area contributed by atoms with Crippen molar-refractivity contribution in [3.63, 3.8) is 0 Å². The second kappa shape index (κ2) is 5.67. The van der Waals surface area contributed by atoms with E-state index in [0.717, 1.165) is 11.3 Å². The summed E-state index contributed by atoms with van der Waals surface area (Å²) in [6.45, 7) is 7.08. The molecule has 98 valence electrons. The summed E-state index contributed by atoms with van der Waals surface area (Å²) in [4.78, 5) is 23.4. The fourth-order valence-electron chi connectivity index (χ4n) is 1.50. The highest BCUT2D eigenvalue weighted by Crippen LogP contribution is 2.13. The molecular weight excluding hydrogens is 228 g/mol. The standard InChI is InChI=1S/C14H20N2O2/c1-5-12(17)16-14(3,4)13(18)15-11-8-6-7-10(2)9-11/h6-9H,5H2,1-4H3,(H,15,18)(H,16,17). The van der Waals surface area contributed by atoms with Gasteiger partial charge in [0.2, 0.25) is 11.8 Å². The molecule has 2 N–H and O–H groups in total. The molecule has 4 heteroatoms. The van der Waals surface area contributed by atoms with Crippen LogP contribution in [0.5, 0.6) is 0 Å². The van der Waals surface area contributed by atoms with Crippen LogP contribution < -0.4 is 10.6 Å². The molecule has 0 fully saturated rings. The minimum Gasteiger partial charge on any atom is -0.342 e. The lowest BCUT2D eigenvalue weighted by Crippen LogP contribution is -2.52. The maximum atomic E-state index is 12.1. The molecule has 0 aliphatic carbocycles. The molecule has 0 unspecified atom stereocenters. The summed E-state index contributed by atoms with van der Waals surface area (Å²) in [5, 5.41) is 5.49. The highest BCUT2D eigenvalue weighted by molar-refractivity contribution is 5.99. The molecular formula is C14H20N2O2. The number of hydrogen-bond donors (Lipinski definition) is 2. The van der Waals surface area contributed by atoms with Gasteiger partial charge in [0.05, 0.1) is 0 Å². The Morgan fingerprint density at radius 3 is 2.50 bits per heavy atom. The van der Waals surface area contributed by atoms with Gasteiger partial charge < -0.3 is 10.6 Å². The zero-order valence-electron chi connectivity index (χ0n) is 11.3. The molecule has 0 atom stereocenters. The van der Waals surface area contributed by atoms with Crippen LogP contribution in [0.1, 0.15) is 32.8 Å². The van der Waals surface area contributed by atoms with Crippen LogP contribution in [0.15, 0.2) is 24.3 Å². The first-order valence-electron chi connectivity index (χ1n) is 6.04. The number of carbonyl (C=O) groups excluding carboxylic acids is 2. The van der Waals surface area contributed by atoms with Crippen LogP contribution in [-0.2, 0) is 9.59 Å². The Morgan fingerprint density at radius 1 is 1.28 bits per heavy atom. The van der Waals surface area contributed by atoms with Crippen molar-refractivity contribution in [2.75, 3.05) is 5.32 Å². The van der Waals surface area contributed by atoms with E-state index in [-0.39, 0.29) is 11.8 Å². The van der Waals surface area contributed by atoms with E-state index in [1.165, 1.54) is 0 Å². The fourth-order valence-corrected chi connectivity index (χ4v) is 1.50. The predicted molar refractivity (Wildman–Crippen MR) is 72.3 cm³/mol. The van der Waals surface area contributed by atoms with Gasteiger partial charge in [0, 0.05) is 12.1 Å². The highest BCUT2D eigenvalue weighted by Gasteiger charge is 2.28. The SMILES string of the molecule is CCC(=O)NC(C)(C)C(=O)Nc1cccc(C)c1. The lowest BCUT2D eigenvalue weighted by atomic mass is 10.0. The summed E-state index contributed by atoms with van der Waals surface area (Å²) in [5.74, 6) is -0.366. The van der Waals surface area contributed by atoms with Crippen molar-refractivity contribution in [1.29, 1.82) is 0 Å². The molecule has 1 aromatic rings. The predicted octanol–water partition coefficient (Wildman–Crippen LogP) is 2.24.